The van der Waals surface area contributed by atoms with Crippen molar-refractivity contribution >= 4 is 32.1 Å². The number of aromatic nitrogens is 2. The van der Waals surface area contributed by atoms with Crippen molar-refractivity contribution < 1.29 is 8.42 Å². The molecule has 0 unspecified atom stereocenters. The Labute approximate surface area is 122 Å². The molecule has 0 aromatic carbocycles. The van der Waals surface area contributed by atoms with Crippen LogP contribution >= 0.6 is 11.3 Å². The summed E-state index contributed by atoms with van der Waals surface area (Å²) in [6.45, 7) is 1.27. The SMILES string of the molecule is CN(C)CCCN(C)S(=O)(=O)c1c(N)nc2sccn12. The molecule has 0 atom stereocenters. The molecule has 7 nitrogen and oxygen atoms in total. The van der Waals surface area contributed by atoms with Crippen molar-refractivity contribution in [1.29, 1.82) is 0 Å². The minimum atomic E-state index is -3.62. The van der Waals surface area contributed by atoms with Crippen LogP contribution in [0, 0.1) is 0 Å². The van der Waals surface area contributed by atoms with Crippen LogP contribution in [0.2, 0.25) is 0 Å². The van der Waals surface area contributed by atoms with Crippen LogP contribution in [0.4, 0.5) is 5.82 Å². The van der Waals surface area contributed by atoms with E-state index in [1.54, 1.807) is 18.6 Å². The fourth-order valence-corrected chi connectivity index (χ4v) is 4.06. The number of nitrogen functional groups attached to an aromatic ring is 1. The lowest BCUT2D eigenvalue weighted by atomic mass is 10.4. The van der Waals surface area contributed by atoms with Crippen molar-refractivity contribution in [2.24, 2.45) is 0 Å². The van der Waals surface area contributed by atoms with Crippen molar-refractivity contribution in [3.05, 3.63) is 11.6 Å². The standard InChI is InChI=1S/C11H19N5O2S2/c1-14(2)5-4-6-15(3)20(17,18)10-9(12)13-11-16(10)7-8-19-11/h7-8H,4-6,12H2,1-3H3. The van der Waals surface area contributed by atoms with Gasteiger partial charge in [0.2, 0.25) is 0 Å². The second-order valence-electron chi connectivity index (χ2n) is 4.84. The highest BCUT2D eigenvalue weighted by atomic mass is 32.2. The van der Waals surface area contributed by atoms with Crippen LogP contribution in [-0.2, 0) is 10.0 Å². The zero-order chi connectivity index (χ0) is 14.9. The van der Waals surface area contributed by atoms with Crippen LogP contribution in [-0.4, -0.2) is 61.2 Å². The number of hydrogen-bond donors (Lipinski definition) is 1. The van der Waals surface area contributed by atoms with Gasteiger partial charge < -0.3 is 10.6 Å². The number of anilines is 1. The molecular formula is C11H19N5O2S2. The first kappa shape index (κ1) is 15.2. The Morgan fingerprint density at radius 1 is 1.35 bits per heavy atom. The summed E-state index contributed by atoms with van der Waals surface area (Å²) in [5.41, 5.74) is 5.76. The number of sulfonamides is 1. The summed E-state index contributed by atoms with van der Waals surface area (Å²) in [4.78, 5) is 6.68. The van der Waals surface area contributed by atoms with Crippen molar-refractivity contribution in [3.63, 3.8) is 0 Å². The quantitative estimate of drug-likeness (QED) is 0.841. The van der Waals surface area contributed by atoms with Crippen LogP contribution in [0.5, 0.6) is 0 Å². The highest BCUT2D eigenvalue weighted by Crippen LogP contribution is 2.25. The Bertz CT molecular complexity index is 689. The van der Waals surface area contributed by atoms with Gasteiger partial charge in [-0.15, -0.1) is 11.3 Å². The summed E-state index contributed by atoms with van der Waals surface area (Å²) in [7, 11) is 1.86. The fraction of sp³-hybridized carbons (Fsp3) is 0.545. The Hall–Kier alpha value is -1.16. The topological polar surface area (TPSA) is 83.9 Å². The molecule has 0 aliphatic heterocycles. The van der Waals surface area contributed by atoms with Gasteiger partial charge in [-0.25, -0.2) is 13.4 Å². The largest absolute Gasteiger partial charge is 0.381 e. The van der Waals surface area contributed by atoms with Crippen molar-refractivity contribution in [2.75, 3.05) is 40.0 Å². The molecule has 2 rings (SSSR count). The molecule has 2 aromatic rings. The van der Waals surface area contributed by atoms with E-state index in [0.29, 0.717) is 11.5 Å². The fourth-order valence-electron chi connectivity index (χ4n) is 1.92. The minimum Gasteiger partial charge on any atom is -0.381 e. The molecule has 0 radical (unpaired) electrons. The smallest absolute Gasteiger partial charge is 0.262 e. The number of nitrogens with zero attached hydrogens (tertiary/aromatic N) is 4. The first-order valence-corrected chi connectivity index (χ1v) is 8.48. The Morgan fingerprint density at radius 2 is 2.05 bits per heavy atom. The van der Waals surface area contributed by atoms with Gasteiger partial charge in [-0.2, -0.15) is 4.31 Å². The molecule has 9 heteroatoms. The van der Waals surface area contributed by atoms with Crippen LogP contribution in [0.3, 0.4) is 0 Å². The molecule has 0 bridgehead atoms. The summed E-state index contributed by atoms with van der Waals surface area (Å²) in [5.74, 6) is 0.0521. The number of thiazole rings is 1. The minimum absolute atomic E-state index is 0.0521. The lowest BCUT2D eigenvalue weighted by molar-refractivity contribution is 0.370. The van der Waals surface area contributed by atoms with Crippen molar-refractivity contribution in [2.45, 2.75) is 11.4 Å². The van der Waals surface area contributed by atoms with E-state index < -0.39 is 10.0 Å². The van der Waals surface area contributed by atoms with Crippen LogP contribution in [0.25, 0.3) is 4.96 Å². The molecule has 0 amide bonds. The second-order valence-corrected chi connectivity index (χ2v) is 7.67. The van der Waals surface area contributed by atoms with E-state index in [4.69, 9.17) is 5.73 Å². The first-order valence-electron chi connectivity index (χ1n) is 6.16. The average Bonchev–Trinajstić information content (AvgIpc) is 2.87. The summed E-state index contributed by atoms with van der Waals surface area (Å²) >= 11 is 1.35. The molecule has 2 aromatic heterocycles. The van der Waals surface area contributed by atoms with E-state index in [1.165, 1.54) is 20.0 Å². The van der Waals surface area contributed by atoms with Gasteiger partial charge in [-0.3, -0.25) is 4.40 Å². The number of nitrogens with two attached hydrogens (primary N) is 1. The van der Waals surface area contributed by atoms with E-state index in [0.717, 1.165) is 13.0 Å². The Balaban J connectivity index is 2.25. The zero-order valence-corrected chi connectivity index (χ0v) is 13.4. The molecule has 0 fully saturated rings. The van der Waals surface area contributed by atoms with E-state index >= 15 is 0 Å². The first-order chi connectivity index (χ1) is 9.34. The number of rotatable bonds is 6. The predicted octanol–water partition coefficient (Wildman–Crippen LogP) is 0.550. The van der Waals surface area contributed by atoms with E-state index in [-0.39, 0.29) is 10.8 Å². The molecule has 0 saturated carbocycles. The average molecular weight is 317 g/mol. The molecule has 0 saturated heterocycles. The highest BCUT2D eigenvalue weighted by molar-refractivity contribution is 7.89. The van der Waals surface area contributed by atoms with E-state index in [2.05, 4.69) is 4.98 Å². The van der Waals surface area contributed by atoms with Gasteiger partial charge in [0.05, 0.1) is 0 Å². The summed E-state index contributed by atoms with van der Waals surface area (Å²) in [6.07, 6.45) is 2.43. The summed E-state index contributed by atoms with van der Waals surface area (Å²) < 4.78 is 28.0. The van der Waals surface area contributed by atoms with Crippen LogP contribution in [0.1, 0.15) is 6.42 Å². The second kappa shape index (κ2) is 5.68. The highest BCUT2D eigenvalue weighted by Gasteiger charge is 2.28. The van der Waals surface area contributed by atoms with Crippen LogP contribution < -0.4 is 5.73 Å². The zero-order valence-electron chi connectivity index (χ0n) is 11.8. The maximum atomic E-state index is 12.6. The van der Waals surface area contributed by atoms with Gasteiger partial charge in [-0.05, 0) is 27.1 Å². The van der Waals surface area contributed by atoms with Gasteiger partial charge in [-0.1, -0.05) is 0 Å². The van der Waals surface area contributed by atoms with Gasteiger partial charge in [0.25, 0.3) is 10.0 Å². The molecule has 112 valence electrons. The van der Waals surface area contributed by atoms with Gasteiger partial charge in [0.15, 0.2) is 15.8 Å². The Morgan fingerprint density at radius 3 is 2.70 bits per heavy atom. The van der Waals surface area contributed by atoms with Gasteiger partial charge in [0, 0.05) is 25.2 Å². The molecule has 0 aliphatic rings. The molecule has 0 spiro atoms. The van der Waals surface area contributed by atoms with E-state index in [9.17, 15) is 8.42 Å². The summed E-state index contributed by atoms with van der Waals surface area (Å²) in [5, 5.41) is 1.84. The Kier molecular flexibility index (Phi) is 4.33. The molecule has 0 aliphatic carbocycles. The maximum absolute atomic E-state index is 12.6. The van der Waals surface area contributed by atoms with Gasteiger partial charge >= 0.3 is 0 Å². The predicted molar refractivity (Wildman–Crippen MR) is 80.5 cm³/mol. The molecule has 2 N–H and O–H groups in total. The monoisotopic (exact) mass is 317 g/mol. The van der Waals surface area contributed by atoms with Gasteiger partial charge in [0.1, 0.15) is 0 Å². The maximum Gasteiger partial charge on any atom is 0.262 e. The number of fused-ring (bicyclic) bond motifs is 1. The number of hydrogen-bond acceptors (Lipinski definition) is 6. The molecule has 2 heterocycles. The molecular weight excluding hydrogens is 298 g/mol. The van der Waals surface area contributed by atoms with Crippen molar-refractivity contribution in [1.82, 2.24) is 18.6 Å². The van der Waals surface area contributed by atoms with E-state index in [1.807, 2.05) is 19.0 Å². The lowest BCUT2D eigenvalue weighted by Crippen LogP contribution is -2.31. The normalized spacial score (nSPS) is 12.8. The molecule has 20 heavy (non-hydrogen) atoms. The van der Waals surface area contributed by atoms with Crippen LogP contribution in [0.15, 0.2) is 16.6 Å². The van der Waals surface area contributed by atoms with Crippen molar-refractivity contribution in [3.8, 4) is 0 Å². The third-order valence-electron chi connectivity index (χ3n) is 2.98. The number of imidazole rings is 1. The lowest BCUT2D eigenvalue weighted by Gasteiger charge is -2.18. The third-order valence-corrected chi connectivity index (χ3v) is 5.63. The summed E-state index contributed by atoms with van der Waals surface area (Å²) in [6, 6.07) is 0. The third kappa shape index (κ3) is 2.80.